The molecule has 0 spiro atoms. The number of aromatic carboxylic acids is 1. The normalized spacial score (nSPS) is 10.5. The summed E-state index contributed by atoms with van der Waals surface area (Å²) in [5.74, 6) is -0.913. The molecular formula is C18H15NO2. The van der Waals surface area contributed by atoms with E-state index >= 15 is 0 Å². The first-order chi connectivity index (χ1) is 10.2. The number of fused-ring (bicyclic) bond motifs is 1. The number of anilines is 1. The average molecular weight is 277 g/mol. The topological polar surface area (TPSA) is 49.3 Å². The van der Waals surface area contributed by atoms with Gasteiger partial charge in [0.2, 0.25) is 0 Å². The predicted octanol–water partition coefficient (Wildman–Crippen LogP) is 4.15. The maximum atomic E-state index is 11.0. The standard InChI is InChI=1S/C18H15NO2/c20-18(21)14-7-4-9-16(11-14)19-12-15-8-3-6-13-5-1-2-10-17(13)15/h1-11,19H,12H2,(H,20,21). The quantitative estimate of drug-likeness (QED) is 0.753. The van der Waals surface area contributed by atoms with E-state index in [1.807, 2.05) is 24.3 Å². The van der Waals surface area contributed by atoms with Gasteiger partial charge in [-0.05, 0) is 34.5 Å². The fourth-order valence-electron chi connectivity index (χ4n) is 2.41. The SMILES string of the molecule is O=C(O)c1cccc(NCc2cccc3ccccc23)c1. The minimum absolute atomic E-state index is 0.290. The fraction of sp³-hybridized carbons (Fsp3) is 0.0556. The zero-order chi connectivity index (χ0) is 14.7. The second kappa shape index (κ2) is 5.67. The summed E-state index contributed by atoms with van der Waals surface area (Å²) in [7, 11) is 0. The number of nitrogens with one attached hydrogen (secondary N) is 1. The maximum absolute atomic E-state index is 11.0. The lowest BCUT2D eigenvalue weighted by Gasteiger charge is -2.10. The molecule has 3 nitrogen and oxygen atoms in total. The lowest BCUT2D eigenvalue weighted by Crippen LogP contribution is -2.02. The van der Waals surface area contributed by atoms with Gasteiger partial charge in [-0.1, -0.05) is 48.5 Å². The van der Waals surface area contributed by atoms with Crippen molar-refractivity contribution in [2.45, 2.75) is 6.54 Å². The van der Waals surface area contributed by atoms with Crippen LogP contribution < -0.4 is 5.32 Å². The Bertz CT molecular complexity index is 791. The van der Waals surface area contributed by atoms with Crippen LogP contribution in [-0.2, 0) is 6.54 Å². The molecule has 0 atom stereocenters. The van der Waals surface area contributed by atoms with Gasteiger partial charge in [0, 0.05) is 12.2 Å². The van der Waals surface area contributed by atoms with Crippen LogP contribution in [0.5, 0.6) is 0 Å². The van der Waals surface area contributed by atoms with Crippen LogP contribution in [0.1, 0.15) is 15.9 Å². The molecule has 3 rings (SSSR count). The summed E-state index contributed by atoms with van der Waals surface area (Å²) in [6.45, 7) is 0.657. The Morgan fingerprint density at radius 2 is 1.71 bits per heavy atom. The van der Waals surface area contributed by atoms with E-state index in [4.69, 9.17) is 5.11 Å². The molecule has 0 unspecified atom stereocenters. The first-order valence-corrected chi connectivity index (χ1v) is 6.78. The fourth-order valence-corrected chi connectivity index (χ4v) is 2.41. The van der Waals surface area contributed by atoms with Crippen LogP contribution in [0.3, 0.4) is 0 Å². The minimum atomic E-state index is -0.913. The van der Waals surface area contributed by atoms with Gasteiger partial charge in [0.25, 0.3) is 0 Å². The van der Waals surface area contributed by atoms with Crippen LogP contribution in [-0.4, -0.2) is 11.1 Å². The van der Waals surface area contributed by atoms with Crippen LogP contribution >= 0.6 is 0 Å². The molecule has 3 aromatic rings. The highest BCUT2D eigenvalue weighted by atomic mass is 16.4. The van der Waals surface area contributed by atoms with E-state index in [0.29, 0.717) is 6.54 Å². The Hall–Kier alpha value is -2.81. The zero-order valence-electron chi connectivity index (χ0n) is 11.4. The van der Waals surface area contributed by atoms with E-state index in [1.165, 1.54) is 16.3 Å². The van der Waals surface area contributed by atoms with Crippen molar-refractivity contribution < 1.29 is 9.90 Å². The molecule has 0 fully saturated rings. The second-order valence-corrected chi connectivity index (χ2v) is 4.88. The van der Waals surface area contributed by atoms with Gasteiger partial charge in [0.05, 0.1) is 5.56 Å². The summed E-state index contributed by atoms with van der Waals surface area (Å²) < 4.78 is 0. The van der Waals surface area contributed by atoms with E-state index < -0.39 is 5.97 Å². The summed E-state index contributed by atoms with van der Waals surface area (Å²) in [6.07, 6.45) is 0. The first kappa shape index (κ1) is 13.2. The van der Waals surface area contributed by atoms with Crippen molar-refractivity contribution in [3.8, 4) is 0 Å². The predicted molar refractivity (Wildman–Crippen MR) is 84.7 cm³/mol. The molecule has 0 bridgehead atoms. The number of hydrogen-bond acceptors (Lipinski definition) is 2. The molecule has 0 aromatic heterocycles. The molecule has 2 N–H and O–H groups in total. The lowest BCUT2D eigenvalue weighted by atomic mass is 10.0. The molecule has 0 aliphatic heterocycles. The van der Waals surface area contributed by atoms with E-state index in [0.717, 1.165) is 5.69 Å². The highest BCUT2D eigenvalue weighted by Crippen LogP contribution is 2.20. The molecule has 0 heterocycles. The number of hydrogen-bond donors (Lipinski definition) is 2. The van der Waals surface area contributed by atoms with E-state index in [-0.39, 0.29) is 5.56 Å². The molecule has 21 heavy (non-hydrogen) atoms. The number of carboxylic acids is 1. The zero-order valence-corrected chi connectivity index (χ0v) is 11.4. The summed E-state index contributed by atoms with van der Waals surface area (Å²) in [5, 5.41) is 14.7. The maximum Gasteiger partial charge on any atom is 0.335 e. The van der Waals surface area contributed by atoms with Crippen LogP contribution in [0, 0.1) is 0 Å². The molecule has 0 aliphatic carbocycles. The number of carbonyl (C=O) groups is 1. The molecule has 0 saturated carbocycles. The van der Waals surface area contributed by atoms with Gasteiger partial charge in [-0.2, -0.15) is 0 Å². The van der Waals surface area contributed by atoms with Crippen molar-refractivity contribution in [2.24, 2.45) is 0 Å². The number of benzene rings is 3. The number of rotatable bonds is 4. The molecule has 0 saturated heterocycles. The molecule has 0 aliphatic rings. The van der Waals surface area contributed by atoms with Gasteiger partial charge in [-0.15, -0.1) is 0 Å². The van der Waals surface area contributed by atoms with Crippen molar-refractivity contribution >= 4 is 22.4 Å². The molecular weight excluding hydrogens is 262 g/mol. The third-order valence-electron chi connectivity index (χ3n) is 3.47. The highest BCUT2D eigenvalue weighted by Gasteiger charge is 2.04. The summed E-state index contributed by atoms with van der Waals surface area (Å²) in [4.78, 5) is 11.0. The van der Waals surface area contributed by atoms with Gasteiger partial charge < -0.3 is 10.4 Å². The van der Waals surface area contributed by atoms with Crippen LogP contribution in [0.25, 0.3) is 10.8 Å². The van der Waals surface area contributed by atoms with Gasteiger partial charge in [-0.25, -0.2) is 4.79 Å². The van der Waals surface area contributed by atoms with E-state index in [9.17, 15) is 4.79 Å². The Kier molecular flexibility index (Phi) is 3.56. The van der Waals surface area contributed by atoms with Gasteiger partial charge in [0.15, 0.2) is 0 Å². The van der Waals surface area contributed by atoms with Crippen LogP contribution in [0.4, 0.5) is 5.69 Å². The van der Waals surface area contributed by atoms with Crippen LogP contribution in [0.2, 0.25) is 0 Å². The lowest BCUT2D eigenvalue weighted by molar-refractivity contribution is 0.0697. The van der Waals surface area contributed by atoms with Crippen LogP contribution in [0.15, 0.2) is 66.7 Å². The molecule has 3 heteroatoms. The monoisotopic (exact) mass is 277 g/mol. The number of carboxylic acid groups (broad SMARTS) is 1. The summed E-state index contributed by atoms with van der Waals surface area (Å²) in [6, 6.07) is 21.3. The Balaban J connectivity index is 1.84. The first-order valence-electron chi connectivity index (χ1n) is 6.78. The van der Waals surface area contributed by atoms with Crippen molar-refractivity contribution in [3.63, 3.8) is 0 Å². The summed E-state index contributed by atoms with van der Waals surface area (Å²) in [5.41, 5.74) is 2.29. The summed E-state index contributed by atoms with van der Waals surface area (Å²) >= 11 is 0. The largest absolute Gasteiger partial charge is 0.478 e. The third kappa shape index (κ3) is 2.87. The van der Waals surface area contributed by atoms with E-state index in [2.05, 4.69) is 29.6 Å². The molecule has 0 radical (unpaired) electrons. The second-order valence-electron chi connectivity index (χ2n) is 4.88. The molecule has 0 amide bonds. The van der Waals surface area contributed by atoms with Crippen molar-refractivity contribution in [3.05, 3.63) is 77.9 Å². The smallest absolute Gasteiger partial charge is 0.335 e. The van der Waals surface area contributed by atoms with Crippen molar-refractivity contribution in [2.75, 3.05) is 5.32 Å². The van der Waals surface area contributed by atoms with Gasteiger partial charge in [-0.3, -0.25) is 0 Å². The molecule has 104 valence electrons. The average Bonchev–Trinajstić information content (AvgIpc) is 2.53. The Labute approximate surface area is 122 Å². The van der Waals surface area contributed by atoms with Gasteiger partial charge in [0.1, 0.15) is 0 Å². The minimum Gasteiger partial charge on any atom is -0.478 e. The third-order valence-corrected chi connectivity index (χ3v) is 3.47. The highest BCUT2D eigenvalue weighted by molar-refractivity contribution is 5.89. The molecule has 3 aromatic carbocycles. The van der Waals surface area contributed by atoms with Gasteiger partial charge >= 0.3 is 5.97 Å². The van der Waals surface area contributed by atoms with Crippen molar-refractivity contribution in [1.82, 2.24) is 0 Å². The Morgan fingerprint density at radius 3 is 2.57 bits per heavy atom. The Morgan fingerprint density at radius 1 is 0.952 bits per heavy atom. The van der Waals surface area contributed by atoms with E-state index in [1.54, 1.807) is 18.2 Å². The van der Waals surface area contributed by atoms with Crippen molar-refractivity contribution in [1.29, 1.82) is 0 Å².